The molecule has 158 valence electrons. The Morgan fingerprint density at radius 1 is 1.34 bits per heavy atom. The number of pyridine rings is 2. The minimum absolute atomic E-state index is 0.245. The van der Waals surface area contributed by atoms with Crippen molar-refractivity contribution in [3.8, 4) is 0 Å². The van der Waals surface area contributed by atoms with E-state index in [9.17, 15) is 24.2 Å². The highest BCUT2D eigenvalue weighted by atomic mass is 19.1. The standard InChI is InChI=1S/C20H27FN4O4/c1-20(2,3)25(19(28)29)15-6-7-23(12-17(15)26)8-9-24-16-10-13(21)11-22-14(16)4-5-18(24)27/h4-5,10-11,15,17,26H,6-9,12H2,1-3H3,(H,28,29)/t15-,17+/m0/s1. The maximum absolute atomic E-state index is 13.6. The van der Waals surface area contributed by atoms with E-state index in [1.54, 1.807) is 26.8 Å². The van der Waals surface area contributed by atoms with Crippen LogP contribution in [0.3, 0.4) is 0 Å². The van der Waals surface area contributed by atoms with Gasteiger partial charge < -0.3 is 14.8 Å². The third kappa shape index (κ3) is 4.56. The van der Waals surface area contributed by atoms with Gasteiger partial charge in [0.15, 0.2) is 0 Å². The molecule has 1 fully saturated rings. The number of nitrogens with zero attached hydrogens (tertiary/aromatic N) is 4. The Morgan fingerprint density at radius 2 is 2.07 bits per heavy atom. The number of amides is 1. The van der Waals surface area contributed by atoms with E-state index < -0.39 is 29.6 Å². The molecule has 2 atom stereocenters. The number of aliphatic hydroxyl groups is 1. The fraction of sp³-hybridized carbons (Fsp3) is 0.550. The molecule has 8 nitrogen and oxygen atoms in total. The smallest absolute Gasteiger partial charge is 0.408 e. The first-order valence-electron chi connectivity index (χ1n) is 9.65. The quantitative estimate of drug-likeness (QED) is 0.803. The Morgan fingerprint density at radius 3 is 2.69 bits per heavy atom. The van der Waals surface area contributed by atoms with E-state index in [1.165, 1.54) is 21.6 Å². The van der Waals surface area contributed by atoms with Crippen LogP contribution in [0.4, 0.5) is 9.18 Å². The molecule has 0 radical (unpaired) electrons. The molecule has 2 aromatic heterocycles. The number of β-amino-alcohol motifs (C(OH)–C–C–N with tert-alkyl or cyclic N) is 1. The summed E-state index contributed by atoms with van der Waals surface area (Å²) in [5, 5.41) is 20.2. The van der Waals surface area contributed by atoms with Gasteiger partial charge >= 0.3 is 6.09 Å². The van der Waals surface area contributed by atoms with Crippen molar-refractivity contribution in [2.24, 2.45) is 0 Å². The van der Waals surface area contributed by atoms with Crippen molar-refractivity contribution in [3.05, 3.63) is 40.6 Å². The highest BCUT2D eigenvalue weighted by molar-refractivity contribution is 5.74. The van der Waals surface area contributed by atoms with Crippen molar-refractivity contribution in [2.75, 3.05) is 19.6 Å². The molecule has 0 bridgehead atoms. The fourth-order valence-corrected chi connectivity index (χ4v) is 4.03. The molecule has 0 aliphatic carbocycles. The first-order chi connectivity index (χ1) is 13.6. The predicted molar refractivity (Wildman–Crippen MR) is 106 cm³/mol. The third-order valence-corrected chi connectivity index (χ3v) is 5.34. The molecule has 0 unspecified atom stereocenters. The molecule has 2 aromatic rings. The van der Waals surface area contributed by atoms with Gasteiger partial charge in [-0.1, -0.05) is 0 Å². The van der Waals surface area contributed by atoms with Crippen LogP contribution in [-0.4, -0.2) is 73.0 Å². The first-order valence-corrected chi connectivity index (χ1v) is 9.65. The van der Waals surface area contributed by atoms with Crippen LogP contribution in [0.15, 0.2) is 29.2 Å². The number of carboxylic acid groups (broad SMARTS) is 1. The lowest BCUT2D eigenvalue weighted by Crippen LogP contribution is -2.60. The van der Waals surface area contributed by atoms with Crippen molar-refractivity contribution < 1.29 is 19.4 Å². The number of aromatic nitrogens is 2. The van der Waals surface area contributed by atoms with Crippen molar-refractivity contribution in [1.82, 2.24) is 19.4 Å². The number of rotatable bonds is 4. The zero-order chi connectivity index (χ0) is 21.3. The topological polar surface area (TPSA) is 98.9 Å². The second-order valence-electron chi connectivity index (χ2n) is 8.43. The molecule has 0 saturated carbocycles. The summed E-state index contributed by atoms with van der Waals surface area (Å²) in [5.41, 5.74) is 0.0994. The lowest BCUT2D eigenvalue weighted by Gasteiger charge is -2.45. The van der Waals surface area contributed by atoms with Gasteiger partial charge in [0.2, 0.25) is 0 Å². The summed E-state index contributed by atoms with van der Waals surface area (Å²) in [6.45, 7) is 7.10. The summed E-state index contributed by atoms with van der Waals surface area (Å²) < 4.78 is 15.1. The number of carbonyl (C=O) groups is 1. The van der Waals surface area contributed by atoms with Crippen LogP contribution in [0.25, 0.3) is 11.0 Å². The second kappa shape index (κ2) is 8.08. The van der Waals surface area contributed by atoms with Gasteiger partial charge in [-0.2, -0.15) is 0 Å². The molecular formula is C20H27FN4O4. The molecule has 1 saturated heterocycles. The van der Waals surface area contributed by atoms with Gasteiger partial charge in [-0.3, -0.25) is 19.6 Å². The lowest BCUT2D eigenvalue weighted by molar-refractivity contribution is -0.0354. The molecule has 0 spiro atoms. The maximum Gasteiger partial charge on any atom is 0.408 e. The van der Waals surface area contributed by atoms with Crippen LogP contribution in [0, 0.1) is 5.82 Å². The third-order valence-electron chi connectivity index (χ3n) is 5.34. The zero-order valence-corrected chi connectivity index (χ0v) is 16.9. The van der Waals surface area contributed by atoms with Crippen LogP contribution in [0.1, 0.15) is 27.2 Å². The number of aliphatic hydroxyl groups excluding tert-OH is 1. The van der Waals surface area contributed by atoms with Gasteiger partial charge in [0.05, 0.1) is 29.4 Å². The maximum atomic E-state index is 13.6. The number of likely N-dealkylation sites (tertiary alicyclic amines) is 1. The molecule has 1 aliphatic rings. The zero-order valence-electron chi connectivity index (χ0n) is 16.9. The van der Waals surface area contributed by atoms with Gasteiger partial charge in [-0.25, -0.2) is 9.18 Å². The normalized spacial score (nSPS) is 20.7. The average Bonchev–Trinajstić information content (AvgIpc) is 2.61. The van der Waals surface area contributed by atoms with Crippen molar-refractivity contribution in [3.63, 3.8) is 0 Å². The summed E-state index contributed by atoms with van der Waals surface area (Å²) in [7, 11) is 0. The Bertz CT molecular complexity index is 956. The number of piperidine rings is 1. The van der Waals surface area contributed by atoms with Crippen molar-refractivity contribution in [2.45, 2.75) is 51.4 Å². The van der Waals surface area contributed by atoms with Crippen molar-refractivity contribution >= 4 is 17.1 Å². The van der Waals surface area contributed by atoms with E-state index in [2.05, 4.69) is 4.98 Å². The minimum atomic E-state index is -1.05. The van der Waals surface area contributed by atoms with E-state index in [1.807, 2.05) is 4.90 Å². The van der Waals surface area contributed by atoms with E-state index in [-0.39, 0.29) is 5.56 Å². The predicted octanol–water partition coefficient (Wildman–Crippen LogP) is 1.75. The van der Waals surface area contributed by atoms with Gasteiger partial charge in [0.25, 0.3) is 5.56 Å². The van der Waals surface area contributed by atoms with Gasteiger partial charge in [-0.15, -0.1) is 0 Å². The molecule has 9 heteroatoms. The van der Waals surface area contributed by atoms with Crippen LogP contribution in [0.5, 0.6) is 0 Å². The van der Waals surface area contributed by atoms with Gasteiger partial charge in [0.1, 0.15) is 5.82 Å². The summed E-state index contributed by atoms with van der Waals surface area (Å²) in [5.74, 6) is -0.510. The SMILES string of the molecule is CC(C)(C)N(C(=O)O)[C@H]1CCN(CCn2c(=O)ccc3ncc(F)cc32)C[C@H]1O. The molecular weight excluding hydrogens is 379 g/mol. The van der Waals surface area contributed by atoms with E-state index in [4.69, 9.17) is 0 Å². The molecule has 2 N–H and O–H groups in total. The minimum Gasteiger partial charge on any atom is -0.465 e. The van der Waals surface area contributed by atoms with E-state index in [0.717, 1.165) is 6.20 Å². The Hall–Kier alpha value is -2.52. The largest absolute Gasteiger partial charge is 0.465 e. The van der Waals surface area contributed by atoms with Crippen molar-refractivity contribution in [1.29, 1.82) is 0 Å². The van der Waals surface area contributed by atoms with E-state index >= 15 is 0 Å². The summed E-state index contributed by atoms with van der Waals surface area (Å²) in [6.07, 6.45) is -0.276. The van der Waals surface area contributed by atoms with Gasteiger partial charge in [-0.05, 0) is 33.3 Å². The number of hydrogen-bond donors (Lipinski definition) is 2. The van der Waals surface area contributed by atoms with Crippen LogP contribution >= 0.6 is 0 Å². The number of hydrogen-bond acceptors (Lipinski definition) is 5. The van der Waals surface area contributed by atoms with Gasteiger partial charge in [0, 0.05) is 43.9 Å². The first kappa shape index (κ1) is 21.2. The highest BCUT2D eigenvalue weighted by Crippen LogP contribution is 2.25. The molecule has 1 aliphatic heterocycles. The molecule has 29 heavy (non-hydrogen) atoms. The highest BCUT2D eigenvalue weighted by Gasteiger charge is 2.39. The summed E-state index contributed by atoms with van der Waals surface area (Å²) >= 11 is 0. The summed E-state index contributed by atoms with van der Waals surface area (Å²) in [4.78, 5) is 31.3. The molecule has 3 rings (SSSR count). The second-order valence-corrected chi connectivity index (χ2v) is 8.43. The van der Waals surface area contributed by atoms with E-state index in [0.29, 0.717) is 43.6 Å². The van der Waals surface area contributed by atoms with Crippen LogP contribution in [0.2, 0.25) is 0 Å². The summed E-state index contributed by atoms with van der Waals surface area (Å²) in [6, 6.07) is 3.78. The Labute approximate surface area is 168 Å². The Balaban J connectivity index is 1.71. The molecule has 0 aromatic carbocycles. The molecule has 3 heterocycles. The Kier molecular flexibility index (Phi) is 5.90. The average molecular weight is 406 g/mol. The van der Waals surface area contributed by atoms with Crippen LogP contribution < -0.4 is 5.56 Å². The number of fused-ring (bicyclic) bond motifs is 1. The number of halogens is 1. The fourth-order valence-electron chi connectivity index (χ4n) is 4.03. The van der Waals surface area contributed by atoms with Crippen LogP contribution in [-0.2, 0) is 6.54 Å². The monoisotopic (exact) mass is 406 g/mol. The molecule has 1 amide bonds. The lowest BCUT2D eigenvalue weighted by atomic mass is 9.95.